The van der Waals surface area contributed by atoms with E-state index in [0.29, 0.717) is 5.57 Å². The topological polar surface area (TPSA) is 105 Å². The highest BCUT2D eigenvalue weighted by molar-refractivity contribution is 6.01. The Labute approximate surface area is 196 Å². The second kappa shape index (κ2) is 14.7. The van der Waals surface area contributed by atoms with Crippen molar-refractivity contribution >= 4 is 23.9 Å². The number of terminal acetylenes is 1. The number of carbonyl (C=O) groups is 4. The Morgan fingerprint density at radius 1 is 0.697 bits per heavy atom. The summed E-state index contributed by atoms with van der Waals surface area (Å²) in [5.41, 5.74) is -3.00. The van der Waals surface area contributed by atoms with Gasteiger partial charge in [0, 0.05) is 19.3 Å². The molecule has 0 aromatic rings. The molecule has 0 fully saturated rings. The summed E-state index contributed by atoms with van der Waals surface area (Å²) in [6.45, 7) is 12.1. The van der Waals surface area contributed by atoms with Gasteiger partial charge in [-0.25, -0.2) is 0 Å². The molecule has 33 heavy (non-hydrogen) atoms. The molecular formula is C25H34O8. The molecule has 0 aliphatic rings. The van der Waals surface area contributed by atoms with Crippen molar-refractivity contribution in [1.29, 1.82) is 0 Å². The Kier molecular flexibility index (Phi) is 13.3. The first-order valence-corrected chi connectivity index (χ1v) is 10.8. The van der Waals surface area contributed by atoms with E-state index >= 15 is 0 Å². The van der Waals surface area contributed by atoms with Crippen molar-refractivity contribution in [3.8, 4) is 24.2 Å². The monoisotopic (exact) mass is 462 g/mol. The molecule has 0 aliphatic heterocycles. The van der Waals surface area contributed by atoms with Gasteiger partial charge in [0.1, 0.15) is 0 Å². The van der Waals surface area contributed by atoms with Gasteiger partial charge < -0.3 is 18.9 Å². The molecule has 0 atom stereocenters. The molecule has 8 nitrogen and oxygen atoms in total. The minimum absolute atomic E-state index is 0.0332. The summed E-state index contributed by atoms with van der Waals surface area (Å²) in [5, 5.41) is 0. The fourth-order valence-corrected chi connectivity index (χ4v) is 3.06. The second-order valence-corrected chi connectivity index (χ2v) is 7.27. The maximum atomic E-state index is 12.8. The molecule has 0 saturated heterocycles. The highest BCUT2D eigenvalue weighted by atomic mass is 16.6. The minimum atomic E-state index is -1.82. The van der Waals surface area contributed by atoms with Crippen molar-refractivity contribution in [2.75, 3.05) is 26.4 Å². The Bertz CT molecular complexity index is 786. The van der Waals surface area contributed by atoms with Crippen LogP contribution in [0.4, 0.5) is 0 Å². The zero-order valence-electron chi connectivity index (χ0n) is 20.2. The van der Waals surface area contributed by atoms with E-state index in [1.54, 1.807) is 34.6 Å². The summed E-state index contributed by atoms with van der Waals surface area (Å²) in [5.74, 6) is 4.51. The molecule has 0 bridgehead atoms. The van der Waals surface area contributed by atoms with Crippen LogP contribution in [-0.4, -0.2) is 50.3 Å². The van der Waals surface area contributed by atoms with E-state index in [-0.39, 0.29) is 52.1 Å². The molecule has 0 aromatic heterocycles. The normalized spacial score (nSPS) is 10.7. The van der Waals surface area contributed by atoms with Crippen LogP contribution in [0.5, 0.6) is 0 Å². The zero-order valence-corrected chi connectivity index (χ0v) is 20.2. The number of ether oxygens (including phenoxy) is 4. The van der Waals surface area contributed by atoms with E-state index in [4.69, 9.17) is 25.4 Å². The van der Waals surface area contributed by atoms with Gasteiger partial charge in [-0.15, -0.1) is 30.8 Å². The summed E-state index contributed by atoms with van der Waals surface area (Å²) < 4.78 is 20.4. The highest BCUT2D eigenvalue weighted by Gasteiger charge is 2.49. The van der Waals surface area contributed by atoms with Crippen LogP contribution in [0.2, 0.25) is 0 Å². The molecule has 0 aromatic carbocycles. The van der Waals surface area contributed by atoms with Gasteiger partial charge in [-0.1, -0.05) is 5.57 Å². The average molecular weight is 463 g/mol. The van der Waals surface area contributed by atoms with Gasteiger partial charge in [0.2, 0.25) is 0 Å². The van der Waals surface area contributed by atoms with Gasteiger partial charge in [-0.2, -0.15) is 0 Å². The summed E-state index contributed by atoms with van der Waals surface area (Å²) >= 11 is 0. The van der Waals surface area contributed by atoms with E-state index in [1.807, 2.05) is 0 Å². The number of esters is 4. The molecule has 0 saturated carbocycles. The van der Waals surface area contributed by atoms with Crippen molar-refractivity contribution < 1.29 is 38.1 Å². The zero-order chi connectivity index (χ0) is 25.5. The van der Waals surface area contributed by atoms with Gasteiger partial charge in [-0.05, 0) is 41.0 Å². The fourth-order valence-electron chi connectivity index (χ4n) is 3.06. The number of carbonyl (C=O) groups excluding carboxylic acids is 4. The lowest BCUT2D eigenvalue weighted by molar-refractivity contribution is -0.173. The number of hydrogen-bond donors (Lipinski definition) is 0. The van der Waals surface area contributed by atoms with Gasteiger partial charge in [0.05, 0.1) is 26.4 Å². The van der Waals surface area contributed by atoms with Crippen molar-refractivity contribution in [1.82, 2.24) is 0 Å². The minimum Gasteiger partial charge on any atom is -0.465 e. The van der Waals surface area contributed by atoms with Gasteiger partial charge >= 0.3 is 23.9 Å². The maximum absolute atomic E-state index is 12.8. The van der Waals surface area contributed by atoms with Crippen molar-refractivity contribution in [2.45, 2.75) is 60.3 Å². The number of rotatable bonds is 13. The summed E-state index contributed by atoms with van der Waals surface area (Å²) in [6, 6.07) is 0. The van der Waals surface area contributed by atoms with Crippen LogP contribution in [0.25, 0.3) is 0 Å². The molecule has 0 N–H and O–H groups in total. The fraction of sp³-hybridized carbons (Fsp3) is 0.600. The second-order valence-electron chi connectivity index (χ2n) is 7.27. The van der Waals surface area contributed by atoms with Gasteiger partial charge in [-0.3, -0.25) is 19.2 Å². The van der Waals surface area contributed by atoms with Crippen LogP contribution >= 0.6 is 0 Å². The molecule has 0 radical (unpaired) electrons. The highest BCUT2D eigenvalue weighted by Crippen LogP contribution is 2.34. The lowest BCUT2D eigenvalue weighted by Crippen LogP contribution is -2.42. The van der Waals surface area contributed by atoms with Crippen LogP contribution in [-0.2, 0) is 38.1 Å². The van der Waals surface area contributed by atoms with E-state index in [0.717, 1.165) is 0 Å². The number of allylic oxidation sites excluding steroid dienone is 1. The van der Waals surface area contributed by atoms with E-state index in [2.05, 4.69) is 24.3 Å². The lowest BCUT2D eigenvalue weighted by Gasteiger charge is -2.28. The molecule has 0 spiro atoms. The van der Waals surface area contributed by atoms with Crippen LogP contribution in [0.15, 0.2) is 12.2 Å². The first kappa shape index (κ1) is 29.7. The molecule has 0 amide bonds. The summed E-state index contributed by atoms with van der Waals surface area (Å²) in [4.78, 5) is 50.9. The SMILES string of the molecule is C#CCC(CC#CCC(CC(=C)C)(C(=O)OCC)C(=O)OCC)(C(=O)OCC)C(=O)OCC. The van der Waals surface area contributed by atoms with Crippen LogP contribution in [0.3, 0.4) is 0 Å². The lowest BCUT2D eigenvalue weighted by atomic mass is 9.78. The molecule has 0 unspecified atom stereocenters. The van der Waals surface area contributed by atoms with Crippen molar-refractivity contribution in [3.63, 3.8) is 0 Å². The molecule has 0 heterocycles. The van der Waals surface area contributed by atoms with E-state index in [1.165, 1.54) is 0 Å². The number of hydrogen-bond acceptors (Lipinski definition) is 8. The molecular weight excluding hydrogens is 428 g/mol. The first-order valence-electron chi connectivity index (χ1n) is 10.8. The largest absolute Gasteiger partial charge is 0.465 e. The van der Waals surface area contributed by atoms with Crippen molar-refractivity contribution in [2.24, 2.45) is 10.8 Å². The third-order valence-corrected chi connectivity index (χ3v) is 4.58. The third kappa shape index (κ3) is 7.98. The van der Waals surface area contributed by atoms with Crippen LogP contribution in [0.1, 0.15) is 60.3 Å². The van der Waals surface area contributed by atoms with Gasteiger partial charge in [0.25, 0.3) is 0 Å². The maximum Gasteiger partial charge on any atom is 0.325 e. The molecule has 182 valence electrons. The van der Waals surface area contributed by atoms with E-state index in [9.17, 15) is 19.2 Å². The Morgan fingerprint density at radius 3 is 1.33 bits per heavy atom. The average Bonchev–Trinajstić information content (AvgIpc) is 2.75. The summed E-state index contributed by atoms with van der Waals surface area (Å²) in [7, 11) is 0. The van der Waals surface area contributed by atoms with Crippen LogP contribution < -0.4 is 0 Å². The third-order valence-electron chi connectivity index (χ3n) is 4.58. The predicted octanol–water partition coefficient (Wildman–Crippen LogP) is 2.98. The smallest absolute Gasteiger partial charge is 0.325 e. The Morgan fingerprint density at radius 2 is 1.03 bits per heavy atom. The quantitative estimate of drug-likeness (QED) is 0.135. The van der Waals surface area contributed by atoms with Crippen LogP contribution in [0, 0.1) is 35.0 Å². The summed E-state index contributed by atoms with van der Waals surface area (Å²) in [6.07, 6.45) is 4.50. The van der Waals surface area contributed by atoms with Crippen molar-refractivity contribution in [3.05, 3.63) is 12.2 Å². The molecule has 8 heteroatoms. The molecule has 0 aliphatic carbocycles. The Balaban J connectivity index is 6.25. The standard InChI is InChI=1S/C25H34O8/c1-8-15-24(20(26)30-9-2,21(27)31-10-3)16-13-14-17-25(18-19(6)7,22(28)32-11-4)23(29)33-12-5/h1H,6,9-12,15-18H2,2-5,7H3. The van der Waals surface area contributed by atoms with E-state index < -0.39 is 34.7 Å². The predicted molar refractivity (Wildman–Crippen MR) is 121 cm³/mol. The molecule has 0 rings (SSSR count). The first-order chi connectivity index (χ1) is 15.6. The van der Waals surface area contributed by atoms with Gasteiger partial charge in [0.15, 0.2) is 10.8 Å². The Hall–Kier alpha value is -3.26.